The standard InChI is InChI=1S/C14H22N2O4/c1-5-8-16(9-13(17)15-3)10(2)11-6-7-12(20-11)14(18)19-4/h6-7,10H,5,8-9H2,1-4H3,(H,15,17). The summed E-state index contributed by atoms with van der Waals surface area (Å²) in [6.07, 6.45) is 0.923. The smallest absolute Gasteiger partial charge is 0.373 e. The Morgan fingerprint density at radius 3 is 2.70 bits per heavy atom. The number of amides is 1. The molecule has 20 heavy (non-hydrogen) atoms. The highest BCUT2D eigenvalue weighted by atomic mass is 16.5. The van der Waals surface area contributed by atoms with Gasteiger partial charge in [-0.1, -0.05) is 6.92 Å². The van der Waals surface area contributed by atoms with Gasteiger partial charge in [-0.2, -0.15) is 0 Å². The number of esters is 1. The summed E-state index contributed by atoms with van der Waals surface area (Å²) in [5, 5.41) is 2.61. The van der Waals surface area contributed by atoms with Crippen LogP contribution in [0.4, 0.5) is 0 Å². The van der Waals surface area contributed by atoms with Gasteiger partial charge in [-0.05, 0) is 32.0 Å². The second kappa shape index (κ2) is 7.69. The molecule has 1 heterocycles. The minimum Gasteiger partial charge on any atom is -0.463 e. The first-order valence-corrected chi connectivity index (χ1v) is 6.66. The van der Waals surface area contributed by atoms with Crippen LogP contribution in [0.25, 0.3) is 0 Å². The number of nitrogens with one attached hydrogen (secondary N) is 1. The third-order valence-corrected chi connectivity index (χ3v) is 3.11. The van der Waals surface area contributed by atoms with Gasteiger partial charge in [0.15, 0.2) is 0 Å². The van der Waals surface area contributed by atoms with Gasteiger partial charge in [0.1, 0.15) is 5.76 Å². The molecule has 0 aromatic carbocycles. The minimum atomic E-state index is -0.503. The molecule has 0 spiro atoms. The van der Waals surface area contributed by atoms with Crippen LogP contribution in [0.3, 0.4) is 0 Å². The van der Waals surface area contributed by atoms with Crippen molar-refractivity contribution in [2.45, 2.75) is 26.3 Å². The van der Waals surface area contributed by atoms with E-state index in [1.165, 1.54) is 7.11 Å². The van der Waals surface area contributed by atoms with Crippen LogP contribution in [0.5, 0.6) is 0 Å². The quantitative estimate of drug-likeness (QED) is 0.769. The molecule has 1 aromatic heterocycles. The molecular weight excluding hydrogens is 260 g/mol. The molecule has 6 heteroatoms. The van der Waals surface area contributed by atoms with E-state index in [0.29, 0.717) is 12.3 Å². The summed E-state index contributed by atoms with van der Waals surface area (Å²) in [6, 6.07) is 3.23. The van der Waals surface area contributed by atoms with Gasteiger partial charge in [-0.25, -0.2) is 4.79 Å². The van der Waals surface area contributed by atoms with Crippen molar-refractivity contribution in [2.24, 2.45) is 0 Å². The lowest BCUT2D eigenvalue weighted by atomic mass is 10.2. The maximum absolute atomic E-state index is 11.5. The fraction of sp³-hybridized carbons (Fsp3) is 0.571. The second-order valence-electron chi connectivity index (χ2n) is 4.51. The van der Waals surface area contributed by atoms with E-state index in [1.54, 1.807) is 19.2 Å². The Morgan fingerprint density at radius 2 is 2.15 bits per heavy atom. The third kappa shape index (κ3) is 4.09. The van der Waals surface area contributed by atoms with Crippen molar-refractivity contribution in [1.82, 2.24) is 10.2 Å². The number of likely N-dealkylation sites (N-methyl/N-ethyl adjacent to an activating group) is 1. The molecule has 1 unspecified atom stereocenters. The number of ether oxygens (including phenoxy) is 1. The molecule has 0 aliphatic rings. The number of methoxy groups -OCH3 is 1. The highest BCUT2D eigenvalue weighted by molar-refractivity contribution is 5.86. The van der Waals surface area contributed by atoms with Crippen LogP contribution in [0.2, 0.25) is 0 Å². The van der Waals surface area contributed by atoms with E-state index < -0.39 is 5.97 Å². The predicted molar refractivity (Wildman–Crippen MR) is 74.4 cm³/mol. The normalized spacial score (nSPS) is 12.2. The fourth-order valence-electron chi connectivity index (χ4n) is 1.93. The van der Waals surface area contributed by atoms with E-state index in [4.69, 9.17) is 4.42 Å². The summed E-state index contributed by atoms with van der Waals surface area (Å²) in [4.78, 5) is 24.9. The van der Waals surface area contributed by atoms with Crippen molar-refractivity contribution < 1.29 is 18.7 Å². The van der Waals surface area contributed by atoms with Crippen LogP contribution in [0.1, 0.15) is 42.6 Å². The van der Waals surface area contributed by atoms with Crippen LogP contribution in [0.15, 0.2) is 16.5 Å². The van der Waals surface area contributed by atoms with Crippen LogP contribution in [-0.2, 0) is 9.53 Å². The van der Waals surface area contributed by atoms with Crippen LogP contribution >= 0.6 is 0 Å². The Labute approximate surface area is 119 Å². The van der Waals surface area contributed by atoms with Crippen LogP contribution < -0.4 is 5.32 Å². The lowest BCUT2D eigenvalue weighted by Crippen LogP contribution is -2.37. The fourth-order valence-corrected chi connectivity index (χ4v) is 1.93. The second-order valence-corrected chi connectivity index (χ2v) is 4.51. The van der Waals surface area contributed by atoms with E-state index >= 15 is 0 Å². The molecular formula is C14H22N2O4. The number of rotatable bonds is 7. The predicted octanol–water partition coefficient (Wildman–Crippen LogP) is 1.59. The van der Waals surface area contributed by atoms with Gasteiger partial charge < -0.3 is 14.5 Å². The average Bonchev–Trinajstić information content (AvgIpc) is 2.94. The molecule has 1 rings (SSSR count). The van der Waals surface area contributed by atoms with Gasteiger partial charge >= 0.3 is 5.97 Å². The first-order valence-electron chi connectivity index (χ1n) is 6.66. The van der Waals surface area contributed by atoms with Crippen molar-refractivity contribution in [2.75, 3.05) is 27.2 Å². The Morgan fingerprint density at radius 1 is 1.45 bits per heavy atom. The molecule has 1 atom stereocenters. The van der Waals surface area contributed by atoms with Gasteiger partial charge in [0.05, 0.1) is 19.7 Å². The molecule has 112 valence electrons. The van der Waals surface area contributed by atoms with E-state index in [2.05, 4.69) is 10.1 Å². The zero-order valence-electron chi connectivity index (χ0n) is 12.4. The molecule has 0 radical (unpaired) electrons. The molecule has 0 bridgehead atoms. The largest absolute Gasteiger partial charge is 0.463 e. The Bertz CT molecular complexity index is 456. The SMILES string of the molecule is CCCN(CC(=O)NC)C(C)c1ccc(C(=O)OC)o1. The Hall–Kier alpha value is -1.82. The van der Waals surface area contributed by atoms with Gasteiger partial charge in [0, 0.05) is 7.05 Å². The summed E-state index contributed by atoms with van der Waals surface area (Å²) < 4.78 is 10.1. The summed E-state index contributed by atoms with van der Waals surface area (Å²) >= 11 is 0. The summed E-state index contributed by atoms with van der Waals surface area (Å²) in [5.41, 5.74) is 0. The van der Waals surface area contributed by atoms with Gasteiger partial charge in [-0.3, -0.25) is 9.69 Å². The number of hydrogen-bond acceptors (Lipinski definition) is 5. The number of hydrogen-bond donors (Lipinski definition) is 1. The third-order valence-electron chi connectivity index (χ3n) is 3.11. The number of furan rings is 1. The molecule has 0 saturated carbocycles. The zero-order valence-corrected chi connectivity index (χ0v) is 12.4. The molecule has 1 aromatic rings. The Kier molecular flexibility index (Phi) is 6.24. The molecule has 6 nitrogen and oxygen atoms in total. The van der Waals surface area contributed by atoms with Crippen molar-refractivity contribution in [3.8, 4) is 0 Å². The van der Waals surface area contributed by atoms with E-state index in [9.17, 15) is 9.59 Å². The number of carbonyl (C=O) groups is 2. The monoisotopic (exact) mass is 282 g/mol. The van der Waals surface area contributed by atoms with Gasteiger partial charge in [0.2, 0.25) is 11.7 Å². The summed E-state index contributed by atoms with van der Waals surface area (Å²) in [5.74, 6) is 0.260. The summed E-state index contributed by atoms with van der Waals surface area (Å²) in [6.45, 7) is 5.05. The average molecular weight is 282 g/mol. The maximum Gasteiger partial charge on any atom is 0.373 e. The highest BCUT2D eigenvalue weighted by Crippen LogP contribution is 2.23. The van der Waals surface area contributed by atoms with E-state index in [-0.39, 0.29) is 17.7 Å². The zero-order chi connectivity index (χ0) is 15.1. The van der Waals surface area contributed by atoms with E-state index in [1.807, 2.05) is 18.7 Å². The number of carbonyl (C=O) groups excluding carboxylic acids is 2. The first-order chi connectivity index (χ1) is 9.53. The lowest BCUT2D eigenvalue weighted by molar-refractivity contribution is -0.122. The first kappa shape index (κ1) is 16.2. The van der Waals surface area contributed by atoms with Crippen molar-refractivity contribution in [3.63, 3.8) is 0 Å². The van der Waals surface area contributed by atoms with Gasteiger partial charge in [0.25, 0.3) is 0 Å². The van der Waals surface area contributed by atoms with Crippen LogP contribution in [0, 0.1) is 0 Å². The van der Waals surface area contributed by atoms with Crippen molar-refractivity contribution >= 4 is 11.9 Å². The van der Waals surface area contributed by atoms with Crippen molar-refractivity contribution in [1.29, 1.82) is 0 Å². The minimum absolute atomic E-state index is 0.0509. The Balaban J connectivity index is 2.82. The molecule has 0 saturated heterocycles. The molecule has 0 fully saturated rings. The molecule has 1 amide bonds. The van der Waals surface area contributed by atoms with Crippen LogP contribution in [-0.4, -0.2) is 44.0 Å². The molecule has 0 aliphatic heterocycles. The topological polar surface area (TPSA) is 71.8 Å². The highest BCUT2D eigenvalue weighted by Gasteiger charge is 2.22. The number of nitrogens with zero attached hydrogens (tertiary/aromatic N) is 1. The maximum atomic E-state index is 11.5. The van der Waals surface area contributed by atoms with Gasteiger partial charge in [-0.15, -0.1) is 0 Å². The summed E-state index contributed by atoms with van der Waals surface area (Å²) in [7, 11) is 2.92. The van der Waals surface area contributed by atoms with E-state index in [0.717, 1.165) is 13.0 Å². The molecule has 1 N–H and O–H groups in total. The van der Waals surface area contributed by atoms with Crippen molar-refractivity contribution in [3.05, 3.63) is 23.7 Å². The molecule has 0 aliphatic carbocycles. The lowest BCUT2D eigenvalue weighted by Gasteiger charge is -2.26.